The van der Waals surface area contributed by atoms with Crippen molar-refractivity contribution in [1.29, 1.82) is 0 Å². The summed E-state index contributed by atoms with van der Waals surface area (Å²) in [6.07, 6.45) is 3.61. The van der Waals surface area contributed by atoms with Gasteiger partial charge in [-0.25, -0.2) is 4.98 Å². The normalized spacial score (nSPS) is 13.8. The van der Waals surface area contributed by atoms with E-state index < -0.39 is 0 Å². The lowest BCUT2D eigenvalue weighted by molar-refractivity contribution is -0.123. The van der Waals surface area contributed by atoms with Crippen LogP contribution < -0.4 is 19.7 Å². The fourth-order valence-electron chi connectivity index (χ4n) is 3.02. The van der Waals surface area contributed by atoms with E-state index in [0.29, 0.717) is 40.7 Å². The molecule has 0 radical (unpaired) electrons. The van der Waals surface area contributed by atoms with E-state index >= 15 is 0 Å². The number of piperidine rings is 1. The van der Waals surface area contributed by atoms with Gasteiger partial charge in [0.25, 0.3) is 5.91 Å². The fourth-order valence-corrected chi connectivity index (χ4v) is 3.48. The van der Waals surface area contributed by atoms with Crippen LogP contribution in [0.4, 0.5) is 5.82 Å². The second-order valence-corrected chi connectivity index (χ2v) is 7.56. The third-order valence-electron chi connectivity index (χ3n) is 4.41. The van der Waals surface area contributed by atoms with Crippen LogP contribution in [-0.2, 0) is 4.79 Å². The fraction of sp³-hybridized carbons (Fsp3) is 0.450. The molecule has 1 aromatic carbocycles. The summed E-state index contributed by atoms with van der Waals surface area (Å²) in [5.41, 5.74) is 0. The van der Waals surface area contributed by atoms with Crippen molar-refractivity contribution in [1.82, 2.24) is 15.3 Å². The molecule has 9 heteroatoms. The Kier molecular flexibility index (Phi) is 7.77. The second-order valence-electron chi connectivity index (χ2n) is 6.72. The molecule has 0 spiro atoms. The highest BCUT2D eigenvalue weighted by atomic mass is 35.5. The number of halogens is 2. The molecule has 0 saturated carbocycles. The Morgan fingerprint density at radius 1 is 1.14 bits per heavy atom. The number of aromatic nitrogens is 2. The largest absolute Gasteiger partial charge is 0.482 e. The van der Waals surface area contributed by atoms with E-state index in [1.807, 2.05) is 13.0 Å². The molecule has 1 aromatic heterocycles. The number of carbonyl (C=O) groups is 1. The number of ether oxygens (including phenoxy) is 2. The van der Waals surface area contributed by atoms with Gasteiger partial charge < -0.3 is 19.7 Å². The molecular weight excluding hydrogens is 415 g/mol. The summed E-state index contributed by atoms with van der Waals surface area (Å²) in [4.78, 5) is 23.0. The maximum Gasteiger partial charge on any atom is 0.258 e. The average molecular weight is 439 g/mol. The summed E-state index contributed by atoms with van der Waals surface area (Å²) in [6.45, 7) is 4.34. The predicted molar refractivity (Wildman–Crippen MR) is 113 cm³/mol. The van der Waals surface area contributed by atoms with Gasteiger partial charge in [0, 0.05) is 24.2 Å². The molecule has 1 saturated heterocycles. The highest BCUT2D eigenvalue weighted by Crippen LogP contribution is 2.27. The molecule has 7 nitrogen and oxygen atoms in total. The van der Waals surface area contributed by atoms with Crippen molar-refractivity contribution >= 4 is 34.9 Å². The number of nitrogens with one attached hydrogen (secondary N) is 1. The van der Waals surface area contributed by atoms with E-state index in [9.17, 15) is 4.79 Å². The highest BCUT2D eigenvalue weighted by Gasteiger charge is 2.14. The third kappa shape index (κ3) is 6.65. The van der Waals surface area contributed by atoms with Crippen LogP contribution in [0.5, 0.6) is 11.6 Å². The minimum absolute atomic E-state index is 0.146. The molecule has 1 N–H and O–H groups in total. The number of aryl methyl sites for hydroxylation is 1. The first-order valence-corrected chi connectivity index (χ1v) is 10.3. The van der Waals surface area contributed by atoms with Crippen LogP contribution in [0.3, 0.4) is 0 Å². The number of hydrogen-bond acceptors (Lipinski definition) is 6. The molecule has 156 valence electrons. The molecule has 1 aliphatic heterocycles. The van der Waals surface area contributed by atoms with Crippen LogP contribution >= 0.6 is 23.2 Å². The first-order chi connectivity index (χ1) is 14.0. The highest BCUT2D eigenvalue weighted by molar-refractivity contribution is 6.35. The summed E-state index contributed by atoms with van der Waals surface area (Å²) in [7, 11) is 0. The van der Waals surface area contributed by atoms with Crippen LogP contribution in [0.15, 0.2) is 24.3 Å². The van der Waals surface area contributed by atoms with Crippen molar-refractivity contribution in [2.75, 3.05) is 37.7 Å². The number of carbonyl (C=O) groups excluding carboxylic acids is 1. The molecule has 29 heavy (non-hydrogen) atoms. The maximum atomic E-state index is 11.9. The predicted octanol–water partition coefficient (Wildman–Crippen LogP) is 3.66. The van der Waals surface area contributed by atoms with Gasteiger partial charge in [-0.05, 0) is 44.4 Å². The van der Waals surface area contributed by atoms with Crippen LogP contribution in [0.2, 0.25) is 10.0 Å². The zero-order valence-corrected chi connectivity index (χ0v) is 17.8. The van der Waals surface area contributed by atoms with E-state index in [4.69, 9.17) is 32.7 Å². The van der Waals surface area contributed by atoms with Gasteiger partial charge in [-0.3, -0.25) is 4.79 Å². The lowest BCUT2D eigenvalue weighted by atomic mass is 10.1. The number of benzene rings is 1. The molecule has 2 aromatic rings. The van der Waals surface area contributed by atoms with E-state index in [0.717, 1.165) is 18.9 Å². The van der Waals surface area contributed by atoms with E-state index in [1.54, 1.807) is 18.2 Å². The van der Waals surface area contributed by atoms with Gasteiger partial charge in [0.05, 0.1) is 11.6 Å². The standard InChI is InChI=1S/C20H24Cl2N4O3/c1-14-24-18(26-8-3-2-4-9-26)12-20(25-14)28-10-7-23-19(27)13-29-17-6-5-15(21)11-16(17)22/h5-6,11-12H,2-4,7-10,13H2,1H3,(H,23,27). The summed E-state index contributed by atoms with van der Waals surface area (Å²) < 4.78 is 11.1. The monoisotopic (exact) mass is 438 g/mol. The van der Waals surface area contributed by atoms with Crippen molar-refractivity contribution in [3.63, 3.8) is 0 Å². The number of nitrogens with zero attached hydrogens (tertiary/aromatic N) is 3. The van der Waals surface area contributed by atoms with E-state index in [-0.39, 0.29) is 12.5 Å². The Balaban J connectivity index is 1.41. The summed E-state index contributed by atoms with van der Waals surface area (Å²) in [5.74, 6) is 2.21. The molecule has 1 amide bonds. The van der Waals surface area contributed by atoms with Crippen molar-refractivity contribution in [2.24, 2.45) is 0 Å². The van der Waals surface area contributed by atoms with Gasteiger partial charge in [0.15, 0.2) is 6.61 Å². The Hall–Kier alpha value is -2.25. The lowest BCUT2D eigenvalue weighted by Gasteiger charge is -2.28. The number of rotatable bonds is 8. The summed E-state index contributed by atoms with van der Waals surface area (Å²) in [6, 6.07) is 6.69. The van der Waals surface area contributed by atoms with E-state index in [2.05, 4.69) is 20.2 Å². The summed E-state index contributed by atoms with van der Waals surface area (Å²) in [5, 5.41) is 3.60. The second kappa shape index (κ2) is 10.5. The first kappa shape index (κ1) is 21.5. The summed E-state index contributed by atoms with van der Waals surface area (Å²) >= 11 is 11.8. The van der Waals surface area contributed by atoms with Crippen molar-refractivity contribution in [2.45, 2.75) is 26.2 Å². The van der Waals surface area contributed by atoms with Crippen LogP contribution in [0.1, 0.15) is 25.1 Å². The Bertz CT molecular complexity index is 844. The zero-order chi connectivity index (χ0) is 20.6. The van der Waals surface area contributed by atoms with Gasteiger partial charge in [-0.15, -0.1) is 0 Å². The maximum absolute atomic E-state index is 11.9. The average Bonchev–Trinajstić information content (AvgIpc) is 2.71. The lowest BCUT2D eigenvalue weighted by Crippen LogP contribution is -2.32. The molecule has 0 aliphatic carbocycles. The number of hydrogen-bond donors (Lipinski definition) is 1. The molecule has 0 unspecified atom stereocenters. The van der Waals surface area contributed by atoms with Gasteiger partial charge in [0.2, 0.25) is 5.88 Å². The van der Waals surface area contributed by atoms with Gasteiger partial charge >= 0.3 is 0 Å². The van der Waals surface area contributed by atoms with E-state index in [1.165, 1.54) is 19.3 Å². The topological polar surface area (TPSA) is 76.6 Å². The Morgan fingerprint density at radius 2 is 1.93 bits per heavy atom. The SMILES string of the molecule is Cc1nc(OCCNC(=O)COc2ccc(Cl)cc2Cl)cc(N2CCCCC2)n1. The molecule has 0 atom stereocenters. The minimum Gasteiger partial charge on any atom is -0.482 e. The van der Waals surface area contributed by atoms with Crippen molar-refractivity contribution in [3.05, 3.63) is 40.1 Å². The Morgan fingerprint density at radius 3 is 2.69 bits per heavy atom. The minimum atomic E-state index is -0.271. The van der Waals surface area contributed by atoms with Crippen molar-refractivity contribution < 1.29 is 14.3 Å². The van der Waals surface area contributed by atoms with Crippen molar-refractivity contribution in [3.8, 4) is 11.6 Å². The molecule has 3 rings (SSSR count). The molecule has 1 fully saturated rings. The first-order valence-electron chi connectivity index (χ1n) is 9.59. The molecular formula is C20H24Cl2N4O3. The molecule has 0 bridgehead atoms. The smallest absolute Gasteiger partial charge is 0.258 e. The van der Waals surface area contributed by atoms with Crippen LogP contribution in [0.25, 0.3) is 0 Å². The Labute approximate surface area is 180 Å². The molecule has 2 heterocycles. The quantitative estimate of drug-likeness (QED) is 0.633. The van der Waals surface area contributed by atoms with Gasteiger partial charge in [-0.1, -0.05) is 23.2 Å². The number of amides is 1. The number of anilines is 1. The molecule has 1 aliphatic rings. The van der Waals surface area contributed by atoms with Gasteiger partial charge in [0.1, 0.15) is 24.0 Å². The van der Waals surface area contributed by atoms with Gasteiger partial charge in [-0.2, -0.15) is 4.98 Å². The van der Waals surface area contributed by atoms with Crippen LogP contribution in [-0.4, -0.2) is 48.7 Å². The zero-order valence-electron chi connectivity index (χ0n) is 16.3. The third-order valence-corrected chi connectivity index (χ3v) is 4.94. The van der Waals surface area contributed by atoms with Crippen LogP contribution in [0, 0.1) is 6.92 Å².